The maximum absolute atomic E-state index is 13.0. The van der Waals surface area contributed by atoms with E-state index in [9.17, 15) is 9.59 Å². The first-order valence-corrected chi connectivity index (χ1v) is 8.46. The van der Waals surface area contributed by atoms with Crippen molar-refractivity contribution in [1.29, 1.82) is 0 Å². The number of para-hydroxylation sites is 1. The zero-order valence-electron chi connectivity index (χ0n) is 14.1. The highest BCUT2D eigenvalue weighted by Crippen LogP contribution is 2.50. The van der Waals surface area contributed by atoms with Gasteiger partial charge in [0.1, 0.15) is 11.2 Å². The van der Waals surface area contributed by atoms with E-state index in [2.05, 4.69) is 15.7 Å². The summed E-state index contributed by atoms with van der Waals surface area (Å²) in [7, 11) is 0. The van der Waals surface area contributed by atoms with Gasteiger partial charge in [-0.05, 0) is 30.7 Å². The lowest BCUT2D eigenvalue weighted by Gasteiger charge is -2.31. The van der Waals surface area contributed by atoms with Crippen molar-refractivity contribution in [1.82, 2.24) is 9.78 Å². The first kappa shape index (κ1) is 14.9. The van der Waals surface area contributed by atoms with Crippen molar-refractivity contribution in [3.05, 3.63) is 71.4 Å². The smallest absolute Gasteiger partial charge is 0.240 e. The molecule has 5 rings (SSSR count). The van der Waals surface area contributed by atoms with Gasteiger partial charge in [-0.1, -0.05) is 35.9 Å². The lowest BCUT2D eigenvalue weighted by molar-refractivity contribution is -0.125. The highest BCUT2D eigenvalue weighted by atomic mass is 16.2. The monoisotopic (exact) mass is 344 g/mol. The molecular weight excluding hydrogens is 328 g/mol. The topological polar surface area (TPSA) is 76.0 Å². The normalized spacial score (nSPS) is 20.5. The number of carbonyl (C=O) groups excluding carboxylic acids is 2. The van der Waals surface area contributed by atoms with E-state index in [4.69, 9.17) is 0 Å². The molecule has 0 saturated heterocycles. The van der Waals surface area contributed by atoms with Gasteiger partial charge < -0.3 is 10.6 Å². The molecule has 26 heavy (non-hydrogen) atoms. The maximum atomic E-state index is 13.0. The van der Waals surface area contributed by atoms with Gasteiger partial charge in [-0.3, -0.25) is 9.59 Å². The molecule has 2 aromatic carbocycles. The lowest BCUT2D eigenvalue weighted by Crippen LogP contribution is -2.43. The first-order chi connectivity index (χ1) is 12.6. The molecule has 0 radical (unpaired) electrons. The average Bonchev–Trinajstić information content (AvgIpc) is 3.17. The number of aryl methyl sites for hydroxylation is 1. The number of nitrogens with one attached hydrogen (secondary N) is 2. The van der Waals surface area contributed by atoms with Crippen LogP contribution in [0.2, 0.25) is 0 Å². The van der Waals surface area contributed by atoms with Gasteiger partial charge in [-0.2, -0.15) is 5.10 Å². The van der Waals surface area contributed by atoms with Crippen molar-refractivity contribution in [2.45, 2.75) is 18.8 Å². The Bertz CT molecular complexity index is 1070. The quantitative estimate of drug-likeness (QED) is 0.713. The molecule has 3 heterocycles. The van der Waals surface area contributed by atoms with Crippen LogP contribution in [0.25, 0.3) is 5.69 Å². The van der Waals surface area contributed by atoms with E-state index < -0.39 is 5.41 Å². The van der Waals surface area contributed by atoms with Crippen LogP contribution in [-0.4, -0.2) is 21.6 Å². The van der Waals surface area contributed by atoms with Gasteiger partial charge in [0.15, 0.2) is 0 Å². The number of hydrogen-bond acceptors (Lipinski definition) is 3. The molecule has 2 aliphatic rings. The predicted octanol–water partition coefficient (Wildman–Crippen LogP) is 2.76. The van der Waals surface area contributed by atoms with E-state index in [1.165, 1.54) is 0 Å². The standard InChI is InChI=1S/C20H16N4O2/c1-12-7-8-16-14(9-12)20(19(26)22-16)10-17(25)23-18-15(20)11-21-24(18)13-5-3-2-4-6-13/h2-9,11H,10H2,1H3,(H,22,26)(H,23,25)/t20-/m1/s1. The van der Waals surface area contributed by atoms with Crippen molar-refractivity contribution in [3.8, 4) is 5.69 Å². The molecule has 1 aromatic heterocycles. The average molecular weight is 344 g/mol. The number of rotatable bonds is 1. The molecule has 6 nitrogen and oxygen atoms in total. The molecule has 0 bridgehead atoms. The van der Waals surface area contributed by atoms with Crippen LogP contribution in [0.4, 0.5) is 11.5 Å². The minimum absolute atomic E-state index is 0.0722. The molecule has 0 unspecified atom stereocenters. The molecule has 2 N–H and O–H groups in total. The van der Waals surface area contributed by atoms with Gasteiger partial charge in [0.05, 0.1) is 11.9 Å². The van der Waals surface area contributed by atoms with E-state index in [0.717, 1.165) is 28.1 Å². The van der Waals surface area contributed by atoms with Crippen molar-refractivity contribution in [2.75, 3.05) is 10.6 Å². The third-order valence-corrected chi connectivity index (χ3v) is 5.18. The Hall–Kier alpha value is -3.41. The van der Waals surface area contributed by atoms with Crippen LogP contribution < -0.4 is 10.6 Å². The molecule has 0 saturated carbocycles. The number of amides is 2. The van der Waals surface area contributed by atoms with Crippen LogP contribution in [0.1, 0.15) is 23.1 Å². The zero-order chi connectivity index (χ0) is 17.9. The van der Waals surface area contributed by atoms with E-state index in [0.29, 0.717) is 5.82 Å². The summed E-state index contributed by atoms with van der Waals surface area (Å²) < 4.78 is 1.68. The molecule has 128 valence electrons. The number of aromatic nitrogens is 2. The van der Waals surface area contributed by atoms with Crippen molar-refractivity contribution in [3.63, 3.8) is 0 Å². The van der Waals surface area contributed by atoms with Crippen LogP contribution in [0, 0.1) is 6.92 Å². The fourth-order valence-electron chi connectivity index (χ4n) is 3.97. The molecule has 6 heteroatoms. The molecule has 3 aromatic rings. The Balaban J connectivity index is 1.78. The van der Waals surface area contributed by atoms with Crippen LogP contribution in [-0.2, 0) is 15.0 Å². The fourth-order valence-corrected chi connectivity index (χ4v) is 3.97. The van der Waals surface area contributed by atoms with E-state index in [1.54, 1.807) is 10.9 Å². The first-order valence-electron chi connectivity index (χ1n) is 8.46. The van der Waals surface area contributed by atoms with Crippen LogP contribution in [0.3, 0.4) is 0 Å². The summed E-state index contributed by atoms with van der Waals surface area (Å²) in [6.07, 6.45) is 1.77. The van der Waals surface area contributed by atoms with Crippen LogP contribution in [0.15, 0.2) is 54.7 Å². The second-order valence-electron chi connectivity index (χ2n) is 6.79. The van der Waals surface area contributed by atoms with Crippen molar-refractivity contribution in [2.24, 2.45) is 0 Å². The third-order valence-electron chi connectivity index (χ3n) is 5.18. The Morgan fingerprint density at radius 1 is 1.04 bits per heavy atom. The second-order valence-corrected chi connectivity index (χ2v) is 6.79. The van der Waals surface area contributed by atoms with Gasteiger partial charge in [0.25, 0.3) is 0 Å². The number of anilines is 2. The second kappa shape index (κ2) is 5.05. The Morgan fingerprint density at radius 2 is 1.85 bits per heavy atom. The van der Waals surface area contributed by atoms with Gasteiger partial charge in [-0.25, -0.2) is 4.68 Å². The van der Waals surface area contributed by atoms with E-state index in [-0.39, 0.29) is 18.2 Å². The third kappa shape index (κ3) is 1.84. The zero-order valence-corrected chi connectivity index (χ0v) is 14.1. The van der Waals surface area contributed by atoms with Gasteiger partial charge >= 0.3 is 0 Å². The van der Waals surface area contributed by atoms with Gasteiger partial charge in [-0.15, -0.1) is 0 Å². The molecule has 0 aliphatic carbocycles. The molecular formula is C20H16N4O2. The Labute approximate surface area is 149 Å². The number of benzene rings is 2. The van der Waals surface area contributed by atoms with E-state index >= 15 is 0 Å². The van der Waals surface area contributed by atoms with Crippen molar-refractivity contribution < 1.29 is 9.59 Å². The number of carbonyl (C=O) groups is 2. The molecule has 0 fully saturated rings. The van der Waals surface area contributed by atoms with Crippen molar-refractivity contribution >= 4 is 23.3 Å². The Kier molecular flexibility index (Phi) is 2.89. The molecule has 2 aliphatic heterocycles. The summed E-state index contributed by atoms with van der Waals surface area (Å²) in [6.45, 7) is 1.98. The fraction of sp³-hybridized carbons (Fsp3) is 0.150. The highest BCUT2D eigenvalue weighted by molar-refractivity contribution is 6.14. The van der Waals surface area contributed by atoms with Gasteiger partial charge in [0, 0.05) is 17.7 Å². The highest BCUT2D eigenvalue weighted by Gasteiger charge is 2.54. The summed E-state index contributed by atoms with van der Waals surface area (Å²) in [5, 5.41) is 10.3. The summed E-state index contributed by atoms with van der Waals surface area (Å²) in [5.41, 5.74) is 3.16. The summed E-state index contributed by atoms with van der Waals surface area (Å²) in [5.74, 6) is 0.179. The number of hydrogen-bond donors (Lipinski definition) is 2. The minimum atomic E-state index is -1.04. The van der Waals surface area contributed by atoms with E-state index in [1.807, 2.05) is 55.5 Å². The lowest BCUT2D eigenvalue weighted by atomic mass is 9.71. The summed E-state index contributed by atoms with van der Waals surface area (Å²) >= 11 is 0. The maximum Gasteiger partial charge on any atom is 0.240 e. The number of fused-ring (bicyclic) bond motifs is 4. The largest absolute Gasteiger partial charge is 0.325 e. The predicted molar refractivity (Wildman–Crippen MR) is 97.4 cm³/mol. The van der Waals surface area contributed by atoms with Crippen LogP contribution in [0.5, 0.6) is 0 Å². The Morgan fingerprint density at radius 3 is 2.65 bits per heavy atom. The minimum Gasteiger partial charge on any atom is -0.325 e. The SMILES string of the molecule is Cc1ccc2c(c1)[C@@]1(CC(=O)Nc3c1cnn3-c1ccccc1)C(=O)N2. The summed E-state index contributed by atoms with van der Waals surface area (Å²) in [6, 6.07) is 15.4. The molecule has 2 amide bonds. The number of nitrogens with zero attached hydrogens (tertiary/aromatic N) is 2. The molecule has 1 atom stereocenters. The summed E-state index contributed by atoms with van der Waals surface area (Å²) in [4.78, 5) is 25.6. The van der Waals surface area contributed by atoms with Gasteiger partial charge in [0.2, 0.25) is 11.8 Å². The van der Waals surface area contributed by atoms with Crippen LogP contribution >= 0.6 is 0 Å². The molecule has 1 spiro atoms.